The van der Waals surface area contributed by atoms with Crippen LogP contribution in [0.1, 0.15) is 43.0 Å². The van der Waals surface area contributed by atoms with Crippen LogP contribution in [0.4, 0.5) is 5.13 Å². The molecule has 0 bridgehead atoms. The van der Waals surface area contributed by atoms with Gasteiger partial charge in [-0.3, -0.25) is 0 Å². The Kier molecular flexibility index (Phi) is 4.39. The Morgan fingerprint density at radius 1 is 1.15 bits per heavy atom. The summed E-state index contributed by atoms with van der Waals surface area (Å²) in [5.41, 5.74) is 11.3. The maximum Gasteiger partial charge on any atom is 0.203 e. The fourth-order valence-electron chi connectivity index (χ4n) is 2.07. The van der Waals surface area contributed by atoms with E-state index in [-0.39, 0.29) is 5.41 Å². The molecule has 108 valence electrons. The van der Waals surface area contributed by atoms with Crippen LogP contribution in [0, 0.1) is 13.8 Å². The Labute approximate surface area is 129 Å². The second kappa shape index (κ2) is 5.74. The number of nitrogen functional groups attached to an aromatic ring is 1. The number of benzene rings is 1. The molecule has 20 heavy (non-hydrogen) atoms. The van der Waals surface area contributed by atoms with Crippen LogP contribution < -0.4 is 5.73 Å². The number of anilines is 1. The third-order valence-corrected chi connectivity index (χ3v) is 5.24. The van der Waals surface area contributed by atoms with Gasteiger partial charge >= 0.3 is 0 Å². The van der Waals surface area contributed by atoms with Crippen LogP contribution >= 0.6 is 23.1 Å². The second-order valence-corrected chi connectivity index (χ2v) is 8.27. The normalized spacial score (nSPS) is 11.8. The van der Waals surface area contributed by atoms with E-state index in [2.05, 4.69) is 56.9 Å². The Balaban J connectivity index is 2.20. The zero-order valence-corrected chi connectivity index (χ0v) is 14.3. The van der Waals surface area contributed by atoms with Gasteiger partial charge in [0.15, 0.2) is 4.34 Å². The molecule has 0 saturated heterocycles. The molecule has 2 N–H and O–H groups in total. The summed E-state index contributed by atoms with van der Waals surface area (Å²) in [6.45, 7) is 11.1. The summed E-state index contributed by atoms with van der Waals surface area (Å²) in [5, 5.41) is 8.43. The lowest BCUT2D eigenvalue weighted by molar-refractivity contribution is 0.589. The van der Waals surface area contributed by atoms with Gasteiger partial charge in [0, 0.05) is 5.75 Å². The van der Waals surface area contributed by atoms with Crippen LogP contribution in [0.15, 0.2) is 16.5 Å². The summed E-state index contributed by atoms with van der Waals surface area (Å²) < 4.78 is 0.932. The Morgan fingerprint density at radius 2 is 1.75 bits per heavy atom. The molecule has 0 radical (unpaired) electrons. The van der Waals surface area contributed by atoms with Crippen molar-refractivity contribution in [3.8, 4) is 0 Å². The van der Waals surface area contributed by atoms with Gasteiger partial charge in [0.25, 0.3) is 0 Å². The summed E-state index contributed by atoms with van der Waals surface area (Å²) >= 11 is 3.15. The molecule has 2 aromatic rings. The summed E-state index contributed by atoms with van der Waals surface area (Å²) in [5.74, 6) is 0.913. The summed E-state index contributed by atoms with van der Waals surface area (Å²) in [7, 11) is 0. The third kappa shape index (κ3) is 3.52. The molecule has 0 aliphatic carbocycles. The third-order valence-electron chi connectivity index (χ3n) is 3.32. The molecule has 1 aromatic heterocycles. The van der Waals surface area contributed by atoms with Crippen molar-refractivity contribution < 1.29 is 0 Å². The highest BCUT2D eigenvalue weighted by Crippen LogP contribution is 2.32. The minimum Gasteiger partial charge on any atom is -0.374 e. The van der Waals surface area contributed by atoms with E-state index in [0.717, 1.165) is 10.1 Å². The average molecular weight is 307 g/mol. The maximum atomic E-state index is 5.61. The van der Waals surface area contributed by atoms with Gasteiger partial charge in [-0.2, -0.15) is 0 Å². The van der Waals surface area contributed by atoms with Crippen molar-refractivity contribution in [1.82, 2.24) is 10.2 Å². The molecule has 0 amide bonds. The van der Waals surface area contributed by atoms with Gasteiger partial charge in [0.2, 0.25) is 5.13 Å². The van der Waals surface area contributed by atoms with Gasteiger partial charge < -0.3 is 5.73 Å². The minimum atomic E-state index is 0.189. The highest BCUT2D eigenvalue weighted by atomic mass is 32.2. The molecule has 1 aromatic carbocycles. The number of nitrogens with zero attached hydrogens (tertiary/aromatic N) is 2. The number of nitrogens with two attached hydrogens (primary N) is 1. The number of aryl methyl sites for hydroxylation is 2. The van der Waals surface area contributed by atoms with Crippen LogP contribution in [0.25, 0.3) is 0 Å². The average Bonchev–Trinajstić information content (AvgIpc) is 2.72. The van der Waals surface area contributed by atoms with E-state index in [9.17, 15) is 0 Å². The van der Waals surface area contributed by atoms with Gasteiger partial charge in [-0.25, -0.2) is 0 Å². The zero-order chi connectivity index (χ0) is 14.9. The van der Waals surface area contributed by atoms with Crippen molar-refractivity contribution in [2.45, 2.75) is 50.1 Å². The van der Waals surface area contributed by atoms with Gasteiger partial charge in [0.05, 0.1) is 0 Å². The van der Waals surface area contributed by atoms with Crippen LogP contribution in [0.2, 0.25) is 0 Å². The summed E-state index contributed by atoms with van der Waals surface area (Å²) in [6.07, 6.45) is 0. The van der Waals surface area contributed by atoms with Crippen molar-refractivity contribution >= 4 is 28.2 Å². The van der Waals surface area contributed by atoms with E-state index < -0.39 is 0 Å². The largest absolute Gasteiger partial charge is 0.374 e. The molecule has 0 aliphatic heterocycles. The minimum absolute atomic E-state index is 0.189. The topological polar surface area (TPSA) is 51.8 Å². The number of hydrogen-bond donors (Lipinski definition) is 1. The van der Waals surface area contributed by atoms with Crippen molar-refractivity contribution in [1.29, 1.82) is 0 Å². The first-order chi connectivity index (χ1) is 9.27. The predicted octanol–water partition coefficient (Wildman–Crippen LogP) is 4.33. The molecule has 3 nitrogen and oxygen atoms in total. The fraction of sp³-hybridized carbons (Fsp3) is 0.467. The van der Waals surface area contributed by atoms with Crippen molar-refractivity contribution in [2.24, 2.45) is 0 Å². The molecule has 0 fully saturated rings. The lowest BCUT2D eigenvalue weighted by Crippen LogP contribution is -2.12. The maximum absolute atomic E-state index is 5.61. The van der Waals surface area contributed by atoms with Crippen molar-refractivity contribution in [3.05, 3.63) is 34.4 Å². The smallest absolute Gasteiger partial charge is 0.203 e. The first kappa shape index (κ1) is 15.3. The first-order valence-electron chi connectivity index (χ1n) is 6.60. The summed E-state index contributed by atoms with van der Waals surface area (Å²) in [6, 6.07) is 4.61. The standard InChI is InChI=1S/C15H21N3S2/c1-9-6-11(15(3,4)5)7-10(2)12(9)8-19-14-18-17-13(16)20-14/h6-7H,8H2,1-5H3,(H2,16,17). The molecule has 2 rings (SSSR count). The lowest BCUT2D eigenvalue weighted by atomic mass is 9.84. The van der Waals surface area contributed by atoms with Gasteiger partial charge in [0.1, 0.15) is 0 Å². The molecule has 5 heteroatoms. The quantitative estimate of drug-likeness (QED) is 0.858. The van der Waals surface area contributed by atoms with E-state index in [0.29, 0.717) is 5.13 Å². The molecule has 0 unspecified atom stereocenters. The van der Waals surface area contributed by atoms with Gasteiger partial charge in [-0.1, -0.05) is 56.0 Å². The molecule has 0 atom stereocenters. The number of rotatable bonds is 3. The Morgan fingerprint density at radius 3 is 2.20 bits per heavy atom. The molecule has 1 heterocycles. The molecular formula is C15H21N3S2. The highest BCUT2D eigenvalue weighted by molar-refractivity contribution is 8.00. The molecule has 0 aliphatic rings. The van der Waals surface area contributed by atoms with E-state index >= 15 is 0 Å². The molecule has 0 saturated carbocycles. The molecule has 0 spiro atoms. The predicted molar refractivity (Wildman–Crippen MR) is 88.5 cm³/mol. The van der Waals surface area contributed by atoms with Crippen LogP contribution in [0.3, 0.4) is 0 Å². The van der Waals surface area contributed by atoms with Gasteiger partial charge in [-0.05, 0) is 41.5 Å². The van der Waals surface area contributed by atoms with Crippen LogP contribution in [-0.4, -0.2) is 10.2 Å². The van der Waals surface area contributed by atoms with Crippen molar-refractivity contribution in [3.63, 3.8) is 0 Å². The van der Waals surface area contributed by atoms with E-state index in [1.807, 2.05) is 0 Å². The van der Waals surface area contributed by atoms with E-state index in [4.69, 9.17) is 5.73 Å². The van der Waals surface area contributed by atoms with E-state index in [1.165, 1.54) is 33.6 Å². The van der Waals surface area contributed by atoms with Crippen LogP contribution in [-0.2, 0) is 11.2 Å². The van der Waals surface area contributed by atoms with Crippen LogP contribution in [0.5, 0.6) is 0 Å². The van der Waals surface area contributed by atoms with Gasteiger partial charge in [-0.15, -0.1) is 10.2 Å². The number of hydrogen-bond acceptors (Lipinski definition) is 5. The Bertz CT molecular complexity index is 589. The Hall–Kier alpha value is -1.07. The summed E-state index contributed by atoms with van der Waals surface area (Å²) in [4.78, 5) is 0. The lowest BCUT2D eigenvalue weighted by Gasteiger charge is -2.22. The first-order valence-corrected chi connectivity index (χ1v) is 8.40. The zero-order valence-electron chi connectivity index (χ0n) is 12.7. The second-order valence-electron chi connectivity index (χ2n) is 6.03. The van der Waals surface area contributed by atoms with E-state index in [1.54, 1.807) is 11.8 Å². The number of thioether (sulfide) groups is 1. The van der Waals surface area contributed by atoms with Crippen molar-refractivity contribution in [2.75, 3.05) is 5.73 Å². The highest BCUT2D eigenvalue weighted by Gasteiger charge is 2.16. The molecular weight excluding hydrogens is 286 g/mol. The monoisotopic (exact) mass is 307 g/mol. The SMILES string of the molecule is Cc1cc(C(C)(C)C)cc(C)c1CSc1nnc(N)s1. The number of aromatic nitrogens is 2. The fourth-order valence-corrected chi connectivity index (χ4v) is 3.90.